The Morgan fingerprint density at radius 1 is 0.615 bits per heavy atom. The number of esters is 1. The van der Waals surface area contributed by atoms with Crippen molar-refractivity contribution in [1.82, 2.24) is 0 Å². The van der Waals surface area contributed by atoms with E-state index in [1.807, 2.05) is 6.92 Å². The second kappa shape index (κ2) is 33.1. The molecule has 4 heteroatoms. The molecule has 0 aromatic rings. The third-order valence-electron chi connectivity index (χ3n) is 7.25. The van der Waals surface area contributed by atoms with Crippen LogP contribution in [0.4, 0.5) is 0 Å². The first-order valence-electron chi connectivity index (χ1n) is 16.9. The van der Waals surface area contributed by atoms with Gasteiger partial charge in [0.1, 0.15) is 6.10 Å². The molecule has 1 atom stereocenters. The van der Waals surface area contributed by atoms with Crippen LogP contribution in [0.1, 0.15) is 168 Å². The molecule has 0 spiro atoms. The molecule has 230 valence electrons. The lowest BCUT2D eigenvalue weighted by Gasteiger charge is -2.15. The monoisotopic (exact) mass is 550 g/mol. The van der Waals surface area contributed by atoms with Gasteiger partial charge in [-0.1, -0.05) is 141 Å². The maximum Gasteiger partial charge on any atom is 0.306 e. The summed E-state index contributed by atoms with van der Waals surface area (Å²) in [5.74, 6) is -0.253. The SMILES string of the molecule is CCCCCCC/C=C\C/C=C\CCCCCCCCCCCCCCCCOCC(CO)OC(=O)CCC. The Morgan fingerprint density at radius 3 is 1.54 bits per heavy atom. The fourth-order valence-electron chi connectivity index (χ4n) is 4.75. The number of aliphatic hydroxyl groups is 1. The van der Waals surface area contributed by atoms with Crippen LogP contribution in [0, 0.1) is 0 Å². The first-order chi connectivity index (χ1) is 19.2. The topological polar surface area (TPSA) is 55.8 Å². The first-order valence-corrected chi connectivity index (χ1v) is 16.9. The number of rotatable bonds is 31. The highest BCUT2D eigenvalue weighted by molar-refractivity contribution is 5.69. The number of carbonyl (C=O) groups is 1. The molecule has 0 heterocycles. The summed E-state index contributed by atoms with van der Waals surface area (Å²) >= 11 is 0. The molecule has 1 N–H and O–H groups in total. The minimum atomic E-state index is -0.524. The van der Waals surface area contributed by atoms with Gasteiger partial charge in [-0.05, 0) is 44.9 Å². The van der Waals surface area contributed by atoms with Crippen molar-refractivity contribution in [2.75, 3.05) is 19.8 Å². The molecule has 0 rings (SSSR count). The Balaban J connectivity index is 3.25. The Bertz CT molecular complexity index is 543. The zero-order valence-electron chi connectivity index (χ0n) is 26.2. The van der Waals surface area contributed by atoms with Crippen LogP contribution in [0.2, 0.25) is 0 Å². The highest BCUT2D eigenvalue weighted by Crippen LogP contribution is 2.14. The van der Waals surface area contributed by atoms with Crippen LogP contribution in [-0.4, -0.2) is 37.0 Å². The lowest BCUT2D eigenvalue weighted by Crippen LogP contribution is -2.27. The maximum absolute atomic E-state index is 11.5. The van der Waals surface area contributed by atoms with Crippen molar-refractivity contribution in [1.29, 1.82) is 0 Å². The molecular formula is C35H66O4. The van der Waals surface area contributed by atoms with E-state index in [-0.39, 0.29) is 12.6 Å². The number of allylic oxidation sites excluding steroid dienone is 4. The Morgan fingerprint density at radius 2 is 1.08 bits per heavy atom. The van der Waals surface area contributed by atoms with Gasteiger partial charge in [-0.15, -0.1) is 0 Å². The second-order valence-electron chi connectivity index (χ2n) is 11.2. The van der Waals surface area contributed by atoms with Crippen LogP contribution in [0.3, 0.4) is 0 Å². The van der Waals surface area contributed by atoms with E-state index in [4.69, 9.17) is 9.47 Å². The number of unbranched alkanes of at least 4 members (excludes halogenated alkanes) is 19. The molecule has 39 heavy (non-hydrogen) atoms. The molecule has 0 aliphatic rings. The van der Waals surface area contributed by atoms with Crippen molar-refractivity contribution in [3.8, 4) is 0 Å². The summed E-state index contributed by atoms with van der Waals surface area (Å²) in [6.45, 7) is 5.00. The largest absolute Gasteiger partial charge is 0.457 e. The van der Waals surface area contributed by atoms with Crippen molar-refractivity contribution in [3.05, 3.63) is 24.3 Å². The number of aliphatic hydroxyl groups excluding tert-OH is 1. The van der Waals surface area contributed by atoms with E-state index in [1.54, 1.807) is 0 Å². The smallest absolute Gasteiger partial charge is 0.306 e. The lowest BCUT2D eigenvalue weighted by atomic mass is 10.0. The number of carbonyl (C=O) groups excluding carboxylic acids is 1. The zero-order valence-corrected chi connectivity index (χ0v) is 26.2. The predicted molar refractivity (Wildman–Crippen MR) is 168 cm³/mol. The normalized spacial score (nSPS) is 12.6. The van der Waals surface area contributed by atoms with Gasteiger partial charge in [-0.2, -0.15) is 0 Å². The van der Waals surface area contributed by atoms with Gasteiger partial charge in [0.2, 0.25) is 0 Å². The maximum atomic E-state index is 11.5. The molecule has 0 saturated carbocycles. The average molecular weight is 551 g/mol. The summed E-state index contributed by atoms with van der Waals surface area (Å²) in [6, 6.07) is 0. The molecule has 0 fully saturated rings. The minimum Gasteiger partial charge on any atom is -0.457 e. The molecule has 0 aliphatic heterocycles. The highest BCUT2D eigenvalue weighted by atomic mass is 16.6. The van der Waals surface area contributed by atoms with Crippen LogP contribution in [0.15, 0.2) is 24.3 Å². The van der Waals surface area contributed by atoms with E-state index in [2.05, 4.69) is 31.2 Å². The summed E-state index contributed by atoms with van der Waals surface area (Å²) < 4.78 is 10.8. The molecular weight excluding hydrogens is 484 g/mol. The summed E-state index contributed by atoms with van der Waals surface area (Å²) in [6.07, 6.45) is 39.2. The number of hydrogen-bond acceptors (Lipinski definition) is 4. The molecule has 0 saturated heterocycles. The van der Waals surface area contributed by atoms with Gasteiger partial charge in [-0.25, -0.2) is 0 Å². The summed E-state index contributed by atoms with van der Waals surface area (Å²) in [5.41, 5.74) is 0. The Kier molecular flexibility index (Phi) is 32.1. The van der Waals surface area contributed by atoms with Crippen molar-refractivity contribution in [2.24, 2.45) is 0 Å². The van der Waals surface area contributed by atoms with Crippen LogP contribution >= 0.6 is 0 Å². The quantitative estimate of drug-likeness (QED) is 0.0530. The molecule has 0 aromatic carbocycles. The number of ether oxygens (including phenoxy) is 2. The first kappa shape index (κ1) is 37.9. The molecule has 0 radical (unpaired) electrons. The number of hydrogen-bond donors (Lipinski definition) is 1. The zero-order chi connectivity index (χ0) is 28.5. The molecule has 0 amide bonds. The summed E-state index contributed by atoms with van der Waals surface area (Å²) in [7, 11) is 0. The summed E-state index contributed by atoms with van der Waals surface area (Å²) in [5, 5.41) is 9.28. The van der Waals surface area contributed by atoms with E-state index in [0.29, 0.717) is 19.6 Å². The molecule has 1 unspecified atom stereocenters. The van der Waals surface area contributed by atoms with E-state index in [0.717, 1.165) is 19.3 Å². The van der Waals surface area contributed by atoms with Crippen LogP contribution in [-0.2, 0) is 14.3 Å². The van der Waals surface area contributed by atoms with Crippen molar-refractivity contribution < 1.29 is 19.4 Å². The van der Waals surface area contributed by atoms with Gasteiger partial charge in [0, 0.05) is 13.0 Å². The van der Waals surface area contributed by atoms with E-state index in [1.165, 1.54) is 128 Å². The van der Waals surface area contributed by atoms with E-state index < -0.39 is 6.10 Å². The van der Waals surface area contributed by atoms with Gasteiger partial charge in [0.05, 0.1) is 13.2 Å². The van der Waals surface area contributed by atoms with Crippen LogP contribution in [0.5, 0.6) is 0 Å². The highest BCUT2D eigenvalue weighted by Gasteiger charge is 2.12. The van der Waals surface area contributed by atoms with Gasteiger partial charge in [-0.3, -0.25) is 4.79 Å². The molecule has 0 aliphatic carbocycles. The van der Waals surface area contributed by atoms with Gasteiger partial charge in [0.15, 0.2) is 0 Å². The van der Waals surface area contributed by atoms with E-state index in [9.17, 15) is 9.90 Å². The van der Waals surface area contributed by atoms with Crippen LogP contribution in [0.25, 0.3) is 0 Å². The summed E-state index contributed by atoms with van der Waals surface area (Å²) in [4.78, 5) is 11.5. The van der Waals surface area contributed by atoms with Gasteiger partial charge < -0.3 is 14.6 Å². The standard InChI is InChI=1S/C35H66O4/c1-3-5-6-7-8-9-10-11-12-13-14-15-16-17-18-19-20-21-22-23-24-25-26-27-28-29-31-38-33-34(32-36)39-35(37)30-4-2/h10-11,13-14,34,36H,3-9,12,15-33H2,1-2H3/b11-10-,14-13-. The third kappa shape index (κ3) is 31.3. The van der Waals surface area contributed by atoms with E-state index >= 15 is 0 Å². The lowest BCUT2D eigenvalue weighted by molar-refractivity contribution is -0.154. The van der Waals surface area contributed by atoms with Gasteiger partial charge in [0.25, 0.3) is 0 Å². The second-order valence-corrected chi connectivity index (χ2v) is 11.2. The molecule has 0 bridgehead atoms. The Labute approximate surface area is 243 Å². The molecule has 4 nitrogen and oxygen atoms in total. The molecule has 0 aromatic heterocycles. The van der Waals surface area contributed by atoms with Gasteiger partial charge >= 0.3 is 5.97 Å². The van der Waals surface area contributed by atoms with Crippen LogP contribution < -0.4 is 0 Å². The van der Waals surface area contributed by atoms with Crippen molar-refractivity contribution >= 4 is 5.97 Å². The predicted octanol–water partition coefficient (Wildman–Crippen LogP) is 10.4. The average Bonchev–Trinajstić information content (AvgIpc) is 2.94. The fraction of sp³-hybridized carbons (Fsp3) is 0.857. The van der Waals surface area contributed by atoms with Crippen molar-refractivity contribution in [2.45, 2.75) is 174 Å². The minimum absolute atomic E-state index is 0.175. The Hall–Kier alpha value is -1.13. The van der Waals surface area contributed by atoms with Crippen molar-refractivity contribution in [3.63, 3.8) is 0 Å². The fourth-order valence-corrected chi connectivity index (χ4v) is 4.75. The third-order valence-corrected chi connectivity index (χ3v) is 7.25.